The van der Waals surface area contributed by atoms with Gasteiger partial charge < -0.3 is 0 Å². The predicted octanol–water partition coefficient (Wildman–Crippen LogP) is 5.53. The summed E-state index contributed by atoms with van der Waals surface area (Å²) < 4.78 is 0. The predicted molar refractivity (Wildman–Crippen MR) is 93.5 cm³/mol. The van der Waals surface area contributed by atoms with Gasteiger partial charge in [0.25, 0.3) is 0 Å². The first-order chi connectivity index (χ1) is 9.40. The summed E-state index contributed by atoms with van der Waals surface area (Å²) in [6.07, 6.45) is 0. The van der Waals surface area contributed by atoms with E-state index < -0.39 is 8.07 Å². The molecule has 1 heteroatoms. The van der Waals surface area contributed by atoms with Crippen molar-refractivity contribution >= 4 is 24.0 Å². The van der Waals surface area contributed by atoms with E-state index in [-0.39, 0.29) is 0 Å². The fraction of sp³-hybridized carbons (Fsp3) is 0.474. The Morgan fingerprint density at radius 3 is 1.95 bits per heavy atom. The van der Waals surface area contributed by atoms with Crippen LogP contribution in [0.25, 0.3) is 10.8 Å². The lowest BCUT2D eigenvalue weighted by Crippen LogP contribution is -2.55. The Hall–Kier alpha value is -1.08. The Bertz CT molecular complexity index is 559. The van der Waals surface area contributed by atoms with E-state index in [1.54, 1.807) is 5.19 Å². The first kappa shape index (κ1) is 15.3. The van der Waals surface area contributed by atoms with Crippen LogP contribution in [0.3, 0.4) is 0 Å². The van der Waals surface area contributed by atoms with Gasteiger partial charge in [-0.3, -0.25) is 0 Å². The van der Waals surface area contributed by atoms with Crippen LogP contribution in [0, 0.1) is 6.07 Å². The van der Waals surface area contributed by atoms with Gasteiger partial charge in [-0.2, -0.15) is 0 Å². The zero-order chi connectivity index (χ0) is 14.9. The van der Waals surface area contributed by atoms with Crippen molar-refractivity contribution in [1.29, 1.82) is 0 Å². The Labute approximate surface area is 125 Å². The molecule has 1 radical (unpaired) electrons. The van der Waals surface area contributed by atoms with Gasteiger partial charge in [-0.15, -0.1) is 0 Å². The molecule has 2 aromatic rings. The van der Waals surface area contributed by atoms with Crippen LogP contribution >= 0.6 is 0 Å². The van der Waals surface area contributed by atoms with Gasteiger partial charge >= 0.3 is 0 Å². The van der Waals surface area contributed by atoms with Crippen LogP contribution < -0.4 is 5.19 Å². The number of hydrogen-bond donors (Lipinski definition) is 0. The highest BCUT2D eigenvalue weighted by atomic mass is 28.3. The lowest BCUT2D eigenvalue weighted by Gasteiger charge is -2.43. The number of hydrogen-bond acceptors (Lipinski definition) is 0. The number of fused-ring (bicyclic) bond motifs is 1. The molecule has 0 spiro atoms. The summed E-state index contributed by atoms with van der Waals surface area (Å²) in [7, 11) is -1.53. The molecule has 0 aromatic heterocycles. The molecule has 2 rings (SSSR count). The lowest BCUT2D eigenvalue weighted by molar-refractivity contribution is 0.835. The zero-order valence-electron chi connectivity index (χ0n) is 13.7. The third kappa shape index (κ3) is 2.33. The fourth-order valence-corrected chi connectivity index (χ4v) is 11.2. The topological polar surface area (TPSA) is 0 Å². The smallest absolute Gasteiger partial charge is 0.0648 e. The molecule has 20 heavy (non-hydrogen) atoms. The number of rotatable bonds is 4. The minimum absolute atomic E-state index is 0.757. The average molecular weight is 284 g/mol. The molecule has 2 aromatic carbocycles. The Morgan fingerprint density at radius 1 is 0.800 bits per heavy atom. The van der Waals surface area contributed by atoms with Crippen molar-refractivity contribution in [2.75, 3.05) is 0 Å². The van der Waals surface area contributed by atoms with Crippen molar-refractivity contribution in [3.05, 3.63) is 42.5 Å². The van der Waals surface area contributed by atoms with Crippen molar-refractivity contribution < 1.29 is 0 Å². The van der Waals surface area contributed by atoms with Crippen LogP contribution in [0.4, 0.5) is 0 Å². The maximum Gasteiger partial charge on any atom is 0.0942 e. The summed E-state index contributed by atoms with van der Waals surface area (Å²) in [6, 6.07) is 16.6. The molecule has 0 fully saturated rings. The van der Waals surface area contributed by atoms with E-state index in [4.69, 9.17) is 0 Å². The fourth-order valence-electron chi connectivity index (χ4n) is 4.40. The number of benzene rings is 2. The summed E-state index contributed by atoms with van der Waals surface area (Å²) in [4.78, 5) is 0. The van der Waals surface area contributed by atoms with Gasteiger partial charge in [-0.05, 0) is 39.5 Å². The highest BCUT2D eigenvalue weighted by Gasteiger charge is 2.44. The van der Waals surface area contributed by atoms with Crippen LogP contribution in [0.5, 0.6) is 0 Å². The monoisotopic (exact) mass is 283 g/mol. The highest BCUT2D eigenvalue weighted by molar-refractivity contribution is 6.95. The molecule has 0 aliphatic rings. The summed E-state index contributed by atoms with van der Waals surface area (Å²) in [5.74, 6) is 0. The molecule has 0 aliphatic heterocycles. The average Bonchev–Trinajstić information content (AvgIpc) is 2.38. The van der Waals surface area contributed by atoms with E-state index in [1.165, 1.54) is 10.8 Å². The maximum absolute atomic E-state index is 3.22. The van der Waals surface area contributed by atoms with E-state index in [2.05, 4.69) is 77.9 Å². The molecular formula is C19H27Si. The molecule has 107 valence electrons. The van der Waals surface area contributed by atoms with E-state index in [9.17, 15) is 0 Å². The second kappa shape index (κ2) is 5.73. The van der Waals surface area contributed by atoms with Crippen molar-refractivity contribution in [3.63, 3.8) is 0 Å². The third-order valence-corrected chi connectivity index (χ3v) is 12.1. The lowest BCUT2D eigenvalue weighted by atomic mass is 10.1. The largest absolute Gasteiger partial charge is 0.0942 e. The van der Waals surface area contributed by atoms with Gasteiger partial charge in [-0.25, -0.2) is 0 Å². The summed E-state index contributed by atoms with van der Waals surface area (Å²) in [5.41, 5.74) is 2.27. The molecular weight excluding hydrogens is 256 g/mol. The molecule has 0 atom stereocenters. The van der Waals surface area contributed by atoms with Gasteiger partial charge in [-0.1, -0.05) is 77.1 Å². The quantitative estimate of drug-likeness (QED) is 0.648. The molecule has 0 saturated heterocycles. The van der Waals surface area contributed by atoms with Gasteiger partial charge in [0.15, 0.2) is 0 Å². The molecule has 0 unspecified atom stereocenters. The third-order valence-electron chi connectivity index (χ3n) is 5.05. The van der Waals surface area contributed by atoms with Gasteiger partial charge in [0.05, 0.1) is 8.07 Å². The summed E-state index contributed by atoms with van der Waals surface area (Å²) >= 11 is 0. The van der Waals surface area contributed by atoms with Crippen molar-refractivity contribution in [3.8, 4) is 0 Å². The first-order valence-electron chi connectivity index (χ1n) is 7.81. The SMILES string of the molecule is CC(C)[Si](c1ccc2cc[c]cc2c1)(C(C)C)C(C)C. The van der Waals surface area contributed by atoms with E-state index >= 15 is 0 Å². The molecule has 0 heterocycles. The second-order valence-electron chi connectivity index (χ2n) is 6.89. The molecule has 0 bridgehead atoms. The Kier molecular flexibility index (Phi) is 4.39. The van der Waals surface area contributed by atoms with Crippen molar-refractivity contribution in [1.82, 2.24) is 0 Å². The normalized spacial score (nSPS) is 12.8. The molecule has 0 amide bonds. The van der Waals surface area contributed by atoms with E-state index in [0.29, 0.717) is 0 Å². The van der Waals surface area contributed by atoms with E-state index in [1.807, 2.05) is 6.07 Å². The van der Waals surface area contributed by atoms with Crippen LogP contribution in [0.15, 0.2) is 36.4 Å². The Morgan fingerprint density at radius 2 is 1.40 bits per heavy atom. The first-order valence-corrected chi connectivity index (χ1v) is 10.0. The minimum atomic E-state index is -1.53. The van der Waals surface area contributed by atoms with E-state index in [0.717, 1.165) is 16.6 Å². The molecule has 0 nitrogen and oxygen atoms in total. The Balaban J connectivity index is 2.68. The van der Waals surface area contributed by atoms with Gasteiger partial charge in [0.1, 0.15) is 0 Å². The van der Waals surface area contributed by atoms with Gasteiger partial charge in [0, 0.05) is 0 Å². The van der Waals surface area contributed by atoms with Crippen LogP contribution in [-0.2, 0) is 0 Å². The van der Waals surface area contributed by atoms with Crippen LogP contribution in [0.2, 0.25) is 16.6 Å². The maximum atomic E-state index is 3.22. The minimum Gasteiger partial charge on any atom is -0.0648 e. The van der Waals surface area contributed by atoms with Crippen LogP contribution in [0.1, 0.15) is 41.5 Å². The van der Waals surface area contributed by atoms with Crippen molar-refractivity contribution in [2.24, 2.45) is 0 Å². The highest BCUT2D eigenvalue weighted by Crippen LogP contribution is 2.41. The zero-order valence-corrected chi connectivity index (χ0v) is 14.7. The van der Waals surface area contributed by atoms with Crippen molar-refractivity contribution in [2.45, 2.75) is 58.2 Å². The van der Waals surface area contributed by atoms with Crippen LogP contribution in [-0.4, -0.2) is 8.07 Å². The molecule has 0 saturated carbocycles. The molecule has 0 N–H and O–H groups in total. The standard InChI is InChI=1S/C19H27Si/c1-14(2)20(15(3)4,16(5)6)19-12-11-17-9-7-8-10-18(17)13-19/h7,9-16H,1-6H3. The molecule has 0 aliphatic carbocycles. The summed E-state index contributed by atoms with van der Waals surface area (Å²) in [5, 5.41) is 4.28. The second-order valence-corrected chi connectivity index (χ2v) is 12.8. The van der Waals surface area contributed by atoms with Gasteiger partial charge in [0.2, 0.25) is 0 Å². The summed E-state index contributed by atoms with van der Waals surface area (Å²) in [6.45, 7) is 14.5.